The van der Waals surface area contributed by atoms with Gasteiger partial charge in [-0.05, 0) is 116 Å². The number of carbonyl (C=O) groups is 2. The molecule has 0 spiro atoms. The number of hydrogen-bond donors (Lipinski definition) is 1. The first-order valence-electron chi connectivity index (χ1n) is 14.7. The lowest BCUT2D eigenvalue weighted by atomic mass is 9.43. The van der Waals surface area contributed by atoms with Crippen molar-refractivity contribution in [3.05, 3.63) is 35.9 Å². The summed E-state index contributed by atoms with van der Waals surface area (Å²) in [7, 11) is 1.46. The van der Waals surface area contributed by atoms with Crippen LogP contribution in [0.15, 0.2) is 30.3 Å². The molecule has 0 aliphatic heterocycles. The minimum absolute atomic E-state index is 0.00682. The van der Waals surface area contributed by atoms with E-state index >= 15 is 0 Å². The van der Waals surface area contributed by atoms with Crippen molar-refractivity contribution in [1.82, 2.24) is 0 Å². The van der Waals surface area contributed by atoms with Crippen LogP contribution in [0.5, 0.6) is 0 Å². The maximum atomic E-state index is 12.7. The third kappa shape index (κ3) is 4.64. The lowest BCUT2D eigenvalue weighted by Crippen LogP contribution is -2.59. The molecule has 0 amide bonds. The molecule has 4 saturated carbocycles. The Labute approximate surface area is 222 Å². The summed E-state index contributed by atoms with van der Waals surface area (Å²) < 4.78 is 10.9. The highest BCUT2D eigenvalue weighted by Crippen LogP contribution is 2.68. The topological polar surface area (TPSA) is 72.8 Å². The van der Waals surface area contributed by atoms with Gasteiger partial charge in [0.1, 0.15) is 6.10 Å². The second kappa shape index (κ2) is 10.4. The molecule has 0 heterocycles. The van der Waals surface area contributed by atoms with Crippen LogP contribution in [0.1, 0.15) is 95.3 Å². The monoisotopic (exact) mass is 510 g/mol. The third-order valence-electron chi connectivity index (χ3n) is 11.8. The summed E-state index contributed by atoms with van der Waals surface area (Å²) in [5.41, 5.74) is 0.767. The Bertz CT molecular complexity index is 977. The summed E-state index contributed by atoms with van der Waals surface area (Å²) >= 11 is 0. The summed E-state index contributed by atoms with van der Waals surface area (Å²) in [6, 6.07) is 9.33. The molecule has 1 aromatic rings. The molecule has 5 heteroatoms. The van der Waals surface area contributed by atoms with Gasteiger partial charge in [-0.3, -0.25) is 4.79 Å². The molecular weight excluding hydrogens is 464 g/mol. The Kier molecular flexibility index (Phi) is 7.48. The quantitative estimate of drug-likeness (QED) is 0.447. The van der Waals surface area contributed by atoms with E-state index in [-0.39, 0.29) is 35.0 Å². The first-order valence-corrected chi connectivity index (χ1v) is 14.7. The zero-order valence-corrected chi connectivity index (χ0v) is 23.2. The van der Waals surface area contributed by atoms with E-state index in [2.05, 4.69) is 20.8 Å². The van der Waals surface area contributed by atoms with Gasteiger partial charge < -0.3 is 14.6 Å². The normalized spacial score (nSPS) is 41.6. The van der Waals surface area contributed by atoms with Gasteiger partial charge in [0.15, 0.2) is 0 Å². The molecule has 5 nitrogen and oxygen atoms in total. The van der Waals surface area contributed by atoms with E-state index in [1.165, 1.54) is 26.4 Å². The molecular formula is C32H46O5. The second-order valence-corrected chi connectivity index (χ2v) is 13.2. The highest BCUT2D eigenvalue weighted by molar-refractivity contribution is 5.89. The van der Waals surface area contributed by atoms with Crippen molar-refractivity contribution >= 4 is 11.9 Å². The Balaban J connectivity index is 1.27. The van der Waals surface area contributed by atoms with Gasteiger partial charge in [-0.2, -0.15) is 0 Å². The molecule has 0 radical (unpaired) electrons. The highest BCUT2D eigenvalue weighted by atomic mass is 16.5. The van der Waals surface area contributed by atoms with E-state index < -0.39 is 0 Å². The van der Waals surface area contributed by atoms with Crippen LogP contribution < -0.4 is 0 Å². The SMILES string of the molecule is COC(=O)CC[C@@H](C)C1CC[C@H]2[C@@H]3CC[C@@H]4C[C@H](OC(=O)c5ccccc5)CC[C@]4(C)C3C[C@H](O)[C@]12C. The number of benzene rings is 1. The van der Waals surface area contributed by atoms with Crippen molar-refractivity contribution in [1.29, 1.82) is 0 Å². The van der Waals surface area contributed by atoms with E-state index in [1.807, 2.05) is 30.3 Å². The number of ether oxygens (including phenoxy) is 2. The maximum absolute atomic E-state index is 12.7. The highest BCUT2D eigenvalue weighted by Gasteiger charge is 2.63. The minimum atomic E-state index is -0.295. The van der Waals surface area contributed by atoms with Crippen LogP contribution in [-0.4, -0.2) is 36.4 Å². The van der Waals surface area contributed by atoms with E-state index in [9.17, 15) is 14.7 Å². The van der Waals surface area contributed by atoms with Gasteiger partial charge >= 0.3 is 11.9 Å². The summed E-state index contributed by atoms with van der Waals surface area (Å²) in [4.78, 5) is 24.5. The number of aliphatic hydroxyl groups is 1. The van der Waals surface area contributed by atoms with Crippen molar-refractivity contribution < 1.29 is 24.2 Å². The number of aliphatic hydroxyl groups excluding tert-OH is 1. The largest absolute Gasteiger partial charge is 0.469 e. The van der Waals surface area contributed by atoms with E-state index in [0.29, 0.717) is 47.5 Å². The number of esters is 2. The number of hydrogen-bond acceptors (Lipinski definition) is 5. The van der Waals surface area contributed by atoms with Gasteiger partial charge in [-0.1, -0.05) is 39.0 Å². The maximum Gasteiger partial charge on any atom is 0.338 e. The molecule has 204 valence electrons. The standard InChI is InChI=1S/C32H46O5/c1-20(10-15-29(34)36-4)25-13-14-26-24-12-11-22-18-23(37-30(35)21-8-6-5-7-9-21)16-17-31(22,2)27(24)19-28(33)32(25,26)3/h5-9,20,22-28,33H,10-19H2,1-4H3/t20-,22-,23-,24+,25?,26+,27?,28+,31+,32-/m1/s1. The van der Waals surface area contributed by atoms with Crippen LogP contribution in [0, 0.1) is 46.3 Å². The first kappa shape index (κ1) is 26.7. The minimum Gasteiger partial charge on any atom is -0.469 e. The Morgan fingerprint density at radius 2 is 1.78 bits per heavy atom. The molecule has 4 aliphatic carbocycles. The van der Waals surface area contributed by atoms with Crippen LogP contribution in [0.4, 0.5) is 0 Å². The predicted octanol–water partition coefficient (Wildman–Crippen LogP) is 6.43. The van der Waals surface area contributed by atoms with E-state index in [4.69, 9.17) is 9.47 Å². The molecule has 1 aromatic carbocycles. The Morgan fingerprint density at radius 3 is 2.51 bits per heavy atom. The number of methoxy groups -OCH3 is 1. The Hall–Kier alpha value is -1.88. The summed E-state index contributed by atoms with van der Waals surface area (Å²) in [6.45, 7) is 7.11. The molecule has 0 saturated heterocycles. The molecule has 2 unspecified atom stereocenters. The first-order chi connectivity index (χ1) is 17.7. The second-order valence-electron chi connectivity index (χ2n) is 13.2. The molecule has 4 aliphatic rings. The number of carbonyl (C=O) groups excluding carboxylic acids is 2. The predicted molar refractivity (Wildman–Crippen MR) is 143 cm³/mol. The molecule has 1 N–H and O–H groups in total. The molecule has 4 fully saturated rings. The van der Waals surface area contributed by atoms with Crippen molar-refractivity contribution in [2.75, 3.05) is 7.11 Å². The van der Waals surface area contributed by atoms with Crippen LogP contribution in [0.3, 0.4) is 0 Å². The molecule has 0 bridgehead atoms. The van der Waals surface area contributed by atoms with Crippen LogP contribution in [-0.2, 0) is 14.3 Å². The summed E-state index contributed by atoms with van der Waals surface area (Å²) in [6.07, 6.45) is 9.59. The number of rotatable bonds is 6. The molecule has 10 atom stereocenters. The van der Waals surface area contributed by atoms with Crippen molar-refractivity contribution in [2.24, 2.45) is 46.3 Å². The summed E-state index contributed by atoms with van der Waals surface area (Å²) in [5.74, 6) is 2.82. The fourth-order valence-electron chi connectivity index (χ4n) is 9.69. The van der Waals surface area contributed by atoms with Crippen molar-refractivity contribution in [2.45, 2.75) is 97.2 Å². The van der Waals surface area contributed by atoms with E-state index in [1.54, 1.807) is 0 Å². The average Bonchev–Trinajstić information content (AvgIpc) is 3.27. The fraction of sp³-hybridized carbons (Fsp3) is 0.750. The molecule has 0 aromatic heterocycles. The zero-order chi connectivity index (χ0) is 26.4. The lowest BCUT2D eigenvalue weighted by molar-refractivity contribution is -0.175. The van der Waals surface area contributed by atoms with Gasteiger partial charge in [-0.15, -0.1) is 0 Å². The van der Waals surface area contributed by atoms with Crippen LogP contribution >= 0.6 is 0 Å². The zero-order valence-electron chi connectivity index (χ0n) is 23.2. The lowest BCUT2D eigenvalue weighted by Gasteiger charge is -2.62. The summed E-state index contributed by atoms with van der Waals surface area (Å²) in [5, 5.41) is 11.8. The fourth-order valence-corrected chi connectivity index (χ4v) is 9.69. The van der Waals surface area contributed by atoms with Crippen molar-refractivity contribution in [3.63, 3.8) is 0 Å². The molecule has 37 heavy (non-hydrogen) atoms. The van der Waals surface area contributed by atoms with Crippen LogP contribution in [0.2, 0.25) is 0 Å². The average molecular weight is 511 g/mol. The van der Waals surface area contributed by atoms with Gasteiger partial charge in [0, 0.05) is 6.42 Å². The Morgan fingerprint density at radius 1 is 1.03 bits per heavy atom. The van der Waals surface area contributed by atoms with Crippen LogP contribution in [0.25, 0.3) is 0 Å². The number of fused-ring (bicyclic) bond motifs is 5. The smallest absolute Gasteiger partial charge is 0.338 e. The van der Waals surface area contributed by atoms with Gasteiger partial charge in [0.2, 0.25) is 0 Å². The van der Waals surface area contributed by atoms with Gasteiger partial charge in [0.25, 0.3) is 0 Å². The molecule has 5 rings (SSSR count). The van der Waals surface area contributed by atoms with Gasteiger partial charge in [-0.25, -0.2) is 4.79 Å². The van der Waals surface area contributed by atoms with E-state index in [0.717, 1.165) is 38.5 Å². The van der Waals surface area contributed by atoms with Crippen molar-refractivity contribution in [3.8, 4) is 0 Å². The van der Waals surface area contributed by atoms with Gasteiger partial charge in [0.05, 0.1) is 18.8 Å². The third-order valence-corrected chi connectivity index (χ3v) is 11.8.